The number of aromatic nitrogens is 3. The zero-order valence-electron chi connectivity index (χ0n) is 7.94. The lowest BCUT2D eigenvalue weighted by Gasteiger charge is -2.06. The standard InChI is InChI=1S/C7H8F3N3O3/c8-7(9,10)4-16-2-1-13-3-5(6(14)15)11-12-13/h3H,1-2,4H2,(H,14,15). The highest BCUT2D eigenvalue weighted by Crippen LogP contribution is 2.14. The molecule has 0 aliphatic heterocycles. The summed E-state index contributed by atoms with van der Waals surface area (Å²) in [5.74, 6) is -1.25. The van der Waals surface area contributed by atoms with Gasteiger partial charge in [-0.1, -0.05) is 5.21 Å². The van der Waals surface area contributed by atoms with Crippen LogP contribution in [0.3, 0.4) is 0 Å². The van der Waals surface area contributed by atoms with E-state index in [-0.39, 0.29) is 18.8 Å². The molecule has 0 amide bonds. The SMILES string of the molecule is O=C(O)c1cn(CCOCC(F)(F)F)nn1. The summed E-state index contributed by atoms with van der Waals surface area (Å²) in [7, 11) is 0. The third-order valence-electron chi connectivity index (χ3n) is 1.49. The van der Waals surface area contributed by atoms with Crippen molar-refractivity contribution < 1.29 is 27.8 Å². The fourth-order valence-electron chi connectivity index (χ4n) is 0.852. The highest BCUT2D eigenvalue weighted by atomic mass is 19.4. The van der Waals surface area contributed by atoms with Gasteiger partial charge in [-0.25, -0.2) is 9.48 Å². The first-order valence-electron chi connectivity index (χ1n) is 4.16. The molecule has 0 aliphatic carbocycles. The second-order valence-corrected chi connectivity index (χ2v) is 2.84. The zero-order valence-corrected chi connectivity index (χ0v) is 7.94. The van der Waals surface area contributed by atoms with Crippen molar-refractivity contribution in [3.05, 3.63) is 11.9 Å². The minimum absolute atomic E-state index is 0.0103. The van der Waals surface area contributed by atoms with E-state index < -0.39 is 18.8 Å². The molecule has 1 N–H and O–H groups in total. The molecule has 0 aliphatic rings. The molecule has 0 spiro atoms. The highest BCUT2D eigenvalue weighted by Gasteiger charge is 2.27. The number of nitrogens with zero attached hydrogens (tertiary/aromatic N) is 3. The Morgan fingerprint density at radius 3 is 2.75 bits per heavy atom. The Morgan fingerprint density at radius 2 is 2.25 bits per heavy atom. The Balaban J connectivity index is 2.30. The van der Waals surface area contributed by atoms with Crippen LogP contribution in [0.4, 0.5) is 13.2 Å². The van der Waals surface area contributed by atoms with E-state index in [4.69, 9.17) is 5.11 Å². The number of rotatable bonds is 5. The maximum atomic E-state index is 11.7. The number of hydrogen-bond donors (Lipinski definition) is 1. The van der Waals surface area contributed by atoms with Crippen molar-refractivity contribution in [2.45, 2.75) is 12.7 Å². The largest absolute Gasteiger partial charge is 0.476 e. The Hall–Kier alpha value is -1.64. The number of carboxylic acid groups (broad SMARTS) is 1. The van der Waals surface area contributed by atoms with Crippen LogP contribution in [0.5, 0.6) is 0 Å². The Bertz CT molecular complexity index is 363. The average molecular weight is 239 g/mol. The molecule has 0 aromatic carbocycles. The summed E-state index contributed by atoms with van der Waals surface area (Å²) in [4.78, 5) is 10.4. The summed E-state index contributed by atoms with van der Waals surface area (Å²) in [5.41, 5.74) is -0.268. The van der Waals surface area contributed by atoms with Gasteiger partial charge in [0.15, 0.2) is 5.69 Å². The minimum atomic E-state index is -4.37. The van der Waals surface area contributed by atoms with Crippen LogP contribution in [0.15, 0.2) is 6.20 Å². The topological polar surface area (TPSA) is 77.2 Å². The fourth-order valence-corrected chi connectivity index (χ4v) is 0.852. The van der Waals surface area contributed by atoms with Crippen molar-refractivity contribution in [2.24, 2.45) is 0 Å². The summed E-state index contributed by atoms with van der Waals surface area (Å²) in [6, 6.07) is 0. The van der Waals surface area contributed by atoms with Crippen LogP contribution in [0.25, 0.3) is 0 Å². The number of halogens is 3. The Morgan fingerprint density at radius 1 is 1.56 bits per heavy atom. The molecule has 0 radical (unpaired) electrons. The number of alkyl halides is 3. The lowest BCUT2D eigenvalue weighted by atomic mass is 10.5. The molecule has 0 saturated heterocycles. The molecule has 0 fully saturated rings. The van der Waals surface area contributed by atoms with E-state index in [0.717, 1.165) is 10.9 Å². The lowest BCUT2D eigenvalue weighted by molar-refractivity contribution is -0.174. The van der Waals surface area contributed by atoms with Crippen molar-refractivity contribution in [1.82, 2.24) is 15.0 Å². The first kappa shape index (κ1) is 12.4. The van der Waals surface area contributed by atoms with Gasteiger partial charge in [0, 0.05) is 0 Å². The lowest BCUT2D eigenvalue weighted by Crippen LogP contribution is -2.19. The van der Waals surface area contributed by atoms with Gasteiger partial charge in [-0.3, -0.25) is 0 Å². The van der Waals surface area contributed by atoms with Gasteiger partial charge in [0.25, 0.3) is 0 Å². The molecule has 6 nitrogen and oxygen atoms in total. The van der Waals surface area contributed by atoms with E-state index in [1.165, 1.54) is 0 Å². The third kappa shape index (κ3) is 4.26. The summed E-state index contributed by atoms with van der Waals surface area (Å²) in [6.07, 6.45) is -3.26. The van der Waals surface area contributed by atoms with Gasteiger partial charge in [0.1, 0.15) is 6.61 Å². The van der Waals surface area contributed by atoms with Crippen LogP contribution >= 0.6 is 0 Å². The van der Waals surface area contributed by atoms with E-state index in [0.29, 0.717) is 0 Å². The highest BCUT2D eigenvalue weighted by molar-refractivity contribution is 5.84. The van der Waals surface area contributed by atoms with Crippen molar-refractivity contribution in [1.29, 1.82) is 0 Å². The van der Waals surface area contributed by atoms with Crippen molar-refractivity contribution in [3.63, 3.8) is 0 Å². The zero-order chi connectivity index (χ0) is 12.2. The van der Waals surface area contributed by atoms with Gasteiger partial charge in [0.2, 0.25) is 0 Å². The Kier molecular flexibility index (Phi) is 3.82. The summed E-state index contributed by atoms with van der Waals surface area (Å²) in [5, 5.41) is 15.2. The van der Waals surface area contributed by atoms with E-state index >= 15 is 0 Å². The number of carbonyl (C=O) groups is 1. The van der Waals surface area contributed by atoms with Crippen LogP contribution in [-0.4, -0.2) is 45.5 Å². The average Bonchev–Trinajstić information content (AvgIpc) is 2.59. The van der Waals surface area contributed by atoms with E-state index in [1.54, 1.807) is 0 Å². The van der Waals surface area contributed by atoms with E-state index in [9.17, 15) is 18.0 Å². The fraction of sp³-hybridized carbons (Fsp3) is 0.571. The van der Waals surface area contributed by atoms with Gasteiger partial charge >= 0.3 is 12.1 Å². The summed E-state index contributed by atoms with van der Waals surface area (Å²) < 4.78 is 40.4. The molecule has 0 bridgehead atoms. The van der Waals surface area contributed by atoms with Gasteiger partial charge in [0.05, 0.1) is 19.3 Å². The molecule has 16 heavy (non-hydrogen) atoms. The molecular formula is C7H8F3N3O3. The van der Waals surface area contributed by atoms with Crippen molar-refractivity contribution >= 4 is 5.97 Å². The van der Waals surface area contributed by atoms with Crippen LogP contribution < -0.4 is 0 Å². The number of hydrogen-bond acceptors (Lipinski definition) is 4. The third-order valence-corrected chi connectivity index (χ3v) is 1.49. The normalized spacial score (nSPS) is 11.7. The Labute approximate surface area is 87.6 Å². The second-order valence-electron chi connectivity index (χ2n) is 2.84. The number of ether oxygens (including phenoxy) is 1. The summed E-state index contributed by atoms with van der Waals surface area (Å²) >= 11 is 0. The van der Waals surface area contributed by atoms with Crippen LogP contribution in [-0.2, 0) is 11.3 Å². The molecular weight excluding hydrogens is 231 g/mol. The maximum absolute atomic E-state index is 11.7. The predicted octanol–water partition coefficient (Wildman–Crippen LogP) is 0.555. The molecule has 90 valence electrons. The smallest absolute Gasteiger partial charge is 0.411 e. The van der Waals surface area contributed by atoms with Gasteiger partial charge in [-0.2, -0.15) is 13.2 Å². The molecule has 0 unspecified atom stereocenters. The van der Waals surface area contributed by atoms with Gasteiger partial charge < -0.3 is 9.84 Å². The first-order chi connectivity index (χ1) is 7.38. The molecule has 1 aromatic rings. The van der Waals surface area contributed by atoms with E-state index in [2.05, 4.69) is 15.0 Å². The van der Waals surface area contributed by atoms with Crippen molar-refractivity contribution in [2.75, 3.05) is 13.2 Å². The van der Waals surface area contributed by atoms with Crippen LogP contribution in [0.1, 0.15) is 10.5 Å². The second kappa shape index (κ2) is 4.92. The van der Waals surface area contributed by atoms with Crippen molar-refractivity contribution in [3.8, 4) is 0 Å². The minimum Gasteiger partial charge on any atom is -0.476 e. The summed E-state index contributed by atoms with van der Waals surface area (Å²) in [6.45, 7) is -1.55. The molecule has 9 heteroatoms. The quantitative estimate of drug-likeness (QED) is 0.759. The molecule has 0 saturated carbocycles. The van der Waals surface area contributed by atoms with Gasteiger partial charge in [-0.15, -0.1) is 5.10 Å². The number of carboxylic acids is 1. The molecule has 0 atom stereocenters. The first-order valence-corrected chi connectivity index (χ1v) is 4.16. The molecule has 1 rings (SSSR count). The van der Waals surface area contributed by atoms with Crippen LogP contribution in [0, 0.1) is 0 Å². The molecule has 1 heterocycles. The monoisotopic (exact) mass is 239 g/mol. The number of aromatic carboxylic acids is 1. The maximum Gasteiger partial charge on any atom is 0.411 e. The van der Waals surface area contributed by atoms with E-state index in [1.807, 2.05) is 0 Å². The van der Waals surface area contributed by atoms with Gasteiger partial charge in [-0.05, 0) is 0 Å². The molecule has 1 aromatic heterocycles. The van der Waals surface area contributed by atoms with Crippen LogP contribution in [0.2, 0.25) is 0 Å². The predicted molar refractivity (Wildman–Crippen MR) is 43.9 cm³/mol.